The zero-order chi connectivity index (χ0) is 18.7. The van der Waals surface area contributed by atoms with Crippen molar-refractivity contribution in [2.75, 3.05) is 12.3 Å². The normalized spacial score (nSPS) is 22.5. The first-order chi connectivity index (χ1) is 12.5. The summed E-state index contributed by atoms with van der Waals surface area (Å²) >= 11 is 0. The first-order valence-corrected chi connectivity index (χ1v) is 8.76. The Bertz CT molecular complexity index is 894. The van der Waals surface area contributed by atoms with Crippen LogP contribution in [0.3, 0.4) is 0 Å². The van der Waals surface area contributed by atoms with Crippen molar-refractivity contribution in [3.63, 3.8) is 0 Å². The van der Waals surface area contributed by atoms with Gasteiger partial charge in [-0.05, 0) is 12.3 Å². The number of fused-ring (bicyclic) bond motifs is 1. The van der Waals surface area contributed by atoms with E-state index in [4.69, 9.17) is 10.5 Å². The van der Waals surface area contributed by atoms with Crippen molar-refractivity contribution in [3.8, 4) is 11.8 Å². The lowest BCUT2D eigenvalue weighted by Gasteiger charge is -2.12. The number of nitrogens with zero attached hydrogens (tertiary/aromatic N) is 3. The van der Waals surface area contributed by atoms with Gasteiger partial charge in [0.15, 0.2) is 17.6 Å². The molecule has 5 N–H and O–H groups in total. The number of rotatable bonds is 5. The average molecular weight is 361 g/mol. The first-order valence-electron chi connectivity index (χ1n) is 8.76. The fourth-order valence-corrected chi connectivity index (χ4v) is 2.99. The molecule has 3 rings (SSSR count). The summed E-state index contributed by atoms with van der Waals surface area (Å²) in [5, 5.41) is 23.9. The fraction of sp³-hybridized carbons (Fsp3) is 0.588. The van der Waals surface area contributed by atoms with E-state index in [0.29, 0.717) is 12.1 Å². The maximum atomic E-state index is 12.3. The molecule has 0 aromatic carbocycles. The van der Waals surface area contributed by atoms with Crippen LogP contribution in [0.4, 0.5) is 5.95 Å². The number of nitrogens with two attached hydrogens (primary N) is 1. The molecule has 1 aliphatic heterocycles. The van der Waals surface area contributed by atoms with Crippen LogP contribution in [0.15, 0.2) is 4.79 Å². The van der Waals surface area contributed by atoms with Crippen molar-refractivity contribution in [2.24, 2.45) is 0 Å². The summed E-state index contributed by atoms with van der Waals surface area (Å²) < 4.78 is 7.04. The molecular weight excluding hydrogens is 338 g/mol. The number of hydrogen-bond acceptors (Lipinski definition) is 7. The average Bonchev–Trinajstić information content (AvgIpc) is 3.15. The quantitative estimate of drug-likeness (QED) is 0.443. The third kappa shape index (κ3) is 3.58. The topological polar surface area (TPSA) is 139 Å². The van der Waals surface area contributed by atoms with Crippen LogP contribution in [0.25, 0.3) is 11.0 Å². The van der Waals surface area contributed by atoms with Gasteiger partial charge in [-0.25, -0.2) is 4.68 Å². The van der Waals surface area contributed by atoms with Crippen molar-refractivity contribution in [3.05, 3.63) is 16.0 Å². The molecular formula is C17H23N5O4. The van der Waals surface area contributed by atoms with E-state index in [2.05, 4.69) is 33.8 Å². The standard InChI is InChI=1S/C17H23N5O4/c1-2-3-4-5-6-7-10-14-15(19-17(18)20-16(14)25)22(21-10)13-8-11(24)12(9-23)26-13/h11-13,23-24H,2-5,8-9H2,1H3,(H3,18,19,20,25)/t11-,12+,13+/m0/s1. The van der Waals surface area contributed by atoms with E-state index in [-0.39, 0.29) is 30.0 Å². The molecule has 2 aromatic heterocycles. The molecule has 3 heterocycles. The Labute approximate surface area is 150 Å². The maximum Gasteiger partial charge on any atom is 0.264 e. The second kappa shape index (κ2) is 7.86. The van der Waals surface area contributed by atoms with Gasteiger partial charge in [0.05, 0.1) is 12.7 Å². The van der Waals surface area contributed by atoms with Crippen LogP contribution in [-0.2, 0) is 4.74 Å². The van der Waals surface area contributed by atoms with Gasteiger partial charge in [-0.1, -0.05) is 25.7 Å². The number of anilines is 1. The zero-order valence-electron chi connectivity index (χ0n) is 14.6. The number of aromatic nitrogens is 4. The minimum Gasteiger partial charge on any atom is -0.394 e. The van der Waals surface area contributed by atoms with Crippen molar-refractivity contribution < 1.29 is 14.9 Å². The van der Waals surface area contributed by atoms with Crippen LogP contribution in [-0.4, -0.2) is 48.8 Å². The van der Waals surface area contributed by atoms with E-state index >= 15 is 0 Å². The number of nitrogen functional groups attached to an aromatic ring is 1. The van der Waals surface area contributed by atoms with Gasteiger partial charge < -0.3 is 20.7 Å². The van der Waals surface area contributed by atoms with E-state index in [1.54, 1.807) is 0 Å². The molecule has 0 saturated carbocycles. The largest absolute Gasteiger partial charge is 0.394 e. The van der Waals surface area contributed by atoms with Gasteiger partial charge in [0.1, 0.15) is 11.5 Å². The highest BCUT2D eigenvalue weighted by Gasteiger charge is 2.36. The monoisotopic (exact) mass is 361 g/mol. The third-order valence-electron chi connectivity index (χ3n) is 4.35. The first kappa shape index (κ1) is 18.4. The van der Waals surface area contributed by atoms with Crippen LogP contribution in [0.2, 0.25) is 0 Å². The van der Waals surface area contributed by atoms with Crippen molar-refractivity contribution in [2.45, 2.75) is 57.5 Å². The Hall–Kier alpha value is -2.41. The van der Waals surface area contributed by atoms with Crippen LogP contribution in [0.5, 0.6) is 0 Å². The smallest absolute Gasteiger partial charge is 0.264 e. The van der Waals surface area contributed by atoms with E-state index in [1.165, 1.54) is 4.68 Å². The highest BCUT2D eigenvalue weighted by atomic mass is 16.5. The molecule has 0 spiro atoms. The van der Waals surface area contributed by atoms with E-state index in [9.17, 15) is 15.0 Å². The predicted molar refractivity (Wildman–Crippen MR) is 95.2 cm³/mol. The van der Waals surface area contributed by atoms with E-state index < -0.39 is 24.0 Å². The molecule has 0 radical (unpaired) electrons. The Morgan fingerprint density at radius 1 is 1.46 bits per heavy atom. The maximum absolute atomic E-state index is 12.3. The highest BCUT2D eigenvalue weighted by Crippen LogP contribution is 2.30. The molecule has 1 saturated heterocycles. The molecule has 2 aromatic rings. The van der Waals surface area contributed by atoms with E-state index in [0.717, 1.165) is 19.3 Å². The second-order valence-electron chi connectivity index (χ2n) is 6.32. The molecule has 0 bridgehead atoms. The Balaban J connectivity index is 2.00. The molecule has 0 unspecified atom stereocenters. The molecule has 140 valence electrons. The lowest BCUT2D eigenvalue weighted by molar-refractivity contribution is -0.0470. The molecule has 9 heteroatoms. The van der Waals surface area contributed by atoms with Gasteiger partial charge in [-0.15, -0.1) is 0 Å². The fourth-order valence-electron chi connectivity index (χ4n) is 2.99. The highest BCUT2D eigenvalue weighted by molar-refractivity contribution is 5.81. The second-order valence-corrected chi connectivity index (χ2v) is 6.32. The van der Waals surface area contributed by atoms with Crippen molar-refractivity contribution in [1.82, 2.24) is 19.7 Å². The zero-order valence-corrected chi connectivity index (χ0v) is 14.6. The summed E-state index contributed by atoms with van der Waals surface area (Å²) in [7, 11) is 0. The number of aliphatic hydroxyl groups is 2. The van der Waals surface area contributed by atoms with Gasteiger partial charge in [0, 0.05) is 12.8 Å². The predicted octanol–water partition coefficient (Wildman–Crippen LogP) is 0.274. The SMILES string of the molecule is CCCCCC#Cc1nn([C@H]2C[C@H](O)[C@@H](CO)O2)c2nc(N)[nH]c(=O)c12. The van der Waals surface area contributed by atoms with Crippen molar-refractivity contribution >= 4 is 17.0 Å². The Morgan fingerprint density at radius 3 is 2.96 bits per heavy atom. The lowest BCUT2D eigenvalue weighted by Crippen LogP contribution is -2.24. The van der Waals surface area contributed by atoms with Gasteiger partial charge in [-0.2, -0.15) is 10.1 Å². The molecule has 3 atom stereocenters. The van der Waals surface area contributed by atoms with Crippen LogP contribution in [0.1, 0.15) is 50.9 Å². The van der Waals surface area contributed by atoms with Crippen LogP contribution >= 0.6 is 0 Å². The lowest BCUT2D eigenvalue weighted by atomic mass is 10.2. The molecule has 1 aliphatic rings. The van der Waals surface area contributed by atoms with Gasteiger partial charge in [0.25, 0.3) is 5.56 Å². The number of aromatic amines is 1. The minimum atomic E-state index is -0.827. The summed E-state index contributed by atoms with van der Waals surface area (Å²) in [5.41, 5.74) is 5.79. The molecule has 9 nitrogen and oxygen atoms in total. The molecule has 1 fully saturated rings. The summed E-state index contributed by atoms with van der Waals surface area (Å²) in [6, 6.07) is 0. The Morgan fingerprint density at radius 2 is 2.27 bits per heavy atom. The summed E-state index contributed by atoms with van der Waals surface area (Å²) in [6.07, 6.45) is 1.94. The number of aliphatic hydroxyl groups excluding tert-OH is 2. The van der Waals surface area contributed by atoms with Crippen LogP contribution < -0.4 is 11.3 Å². The van der Waals surface area contributed by atoms with Gasteiger partial charge in [0.2, 0.25) is 5.95 Å². The molecule has 0 aliphatic carbocycles. The minimum absolute atomic E-state index is 0.0386. The number of nitrogens with one attached hydrogen (secondary N) is 1. The van der Waals surface area contributed by atoms with Crippen molar-refractivity contribution in [1.29, 1.82) is 0 Å². The number of hydrogen-bond donors (Lipinski definition) is 4. The molecule has 0 amide bonds. The van der Waals surface area contributed by atoms with Crippen LogP contribution in [0, 0.1) is 11.8 Å². The third-order valence-corrected chi connectivity index (χ3v) is 4.35. The summed E-state index contributed by atoms with van der Waals surface area (Å²) in [4.78, 5) is 19.0. The molecule has 26 heavy (non-hydrogen) atoms. The number of H-pyrrole nitrogens is 1. The summed E-state index contributed by atoms with van der Waals surface area (Å²) in [5.74, 6) is 5.93. The Kier molecular flexibility index (Phi) is 5.56. The van der Waals surface area contributed by atoms with Gasteiger partial charge >= 0.3 is 0 Å². The number of ether oxygens (including phenoxy) is 1. The van der Waals surface area contributed by atoms with Gasteiger partial charge in [-0.3, -0.25) is 9.78 Å². The number of unbranched alkanes of at least 4 members (excludes halogenated alkanes) is 3. The summed E-state index contributed by atoms with van der Waals surface area (Å²) in [6.45, 7) is 1.81. The van der Waals surface area contributed by atoms with E-state index in [1.807, 2.05) is 0 Å².